The van der Waals surface area contributed by atoms with E-state index in [1.807, 2.05) is 0 Å². The van der Waals surface area contributed by atoms with Crippen molar-refractivity contribution in [2.45, 2.75) is 31.8 Å². The third-order valence-electron chi connectivity index (χ3n) is 2.47. The molecule has 1 saturated heterocycles. The summed E-state index contributed by atoms with van der Waals surface area (Å²) in [5, 5.41) is 9.82. The Morgan fingerprint density at radius 2 is 2.25 bits per heavy atom. The van der Waals surface area contributed by atoms with Crippen LogP contribution in [0.3, 0.4) is 0 Å². The van der Waals surface area contributed by atoms with Gasteiger partial charge in [-0.15, -0.1) is 0 Å². The van der Waals surface area contributed by atoms with Crippen LogP contribution in [0, 0.1) is 0 Å². The summed E-state index contributed by atoms with van der Waals surface area (Å²) in [5.41, 5.74) is 0.744. The number of aliphatic hydroxyl groups excluding tert-OH is 1. The van der Waals surface area contributed by atoms with Crippen molar-refractivity contribution in [3.63, 3.8) is 0 Å². The van der Waals surface area contributed by atoms with E-state index >= 15 is 0 Å². The van der Waals surface area contributed by atoms with Crippen LogP contribution in [0.2, 0.25) is 5.02 Å². The van der Waals surface area contributed by atoms with Gasteiger partial charge in [0.25, 0.3) is 0 Å². The van der Waals surface area contributed by atoms with Gasteiger partial charge in [0.1, 0.15) is 12.2 Å². The van der Waals surface area contributed by atoms with Gasteiger partial charge in [-0.1, -0.05) is 11.6 Å². The fraction of sp³-hybridized carbons (Fsp3) is 0.545. The highest BCUT2D eigenvalue weighted by Gasteiger charge is 2.42. The third-order valence-corrected chi connectivity index (χ3v) is 2.81. The first kappa shape index (κ1) is 11.8. The summed E-state index contributed by atoms with van der Waals surface area (Å²) in [6, 6.07) is 1.69. The molecule has 0 aliphatic carbocycles. The van der Waals surface area contributed by atoms with Gasteiger partial charge in [0.05, 0.1) is 6.61 Å². The molecular formula is C11H14ClNO3. The predicted molar refractivity (Wildman–Crippen MR) is 59.1 cm³/mol. The number of pyridine rings is 1. The van der Waals surface area contributed by atoms with Gasteiger partial charge in [-0.2, -0.15) is 0 Å². The van der Waals surface area contributed by atoms with Gasteiger partial charge in [0.15, 0.2) is 5.79 Å². The molecule has 4 nitrogen and oxygen atoms in total. The average molecular weight is 244 g/mol. The molecule has 1 aliphatic heterocycles. The Balaban J connectivity index is 2.30. The third kappa shape index (κ3) is 2.20. The van der Waals surface area contributed by atoms with Crippen LogP contribution in [0.15, 0.2) is 18.5 Å². The van der Waals surface area contributed by atoms with Crippen LogP contribution in [-0.4, -0.2) is 28.6 Å². The van der Waals surface area contributed by atoms with Gasteiger partial charge in [0.2, 0.25) is 0 Å². The maximum Gasteiger partial charge on any atom is 0.164 e. The molecule has 88 valence electrons. The number of aliphatic hydroxyl groups is 1. The molecule has 1 aliphatic rings. The van der Waals surface area contributed by atoms with Crippen molar-refractivity contribution in [2.75, 3.05) is 6.61 Å². The second-order valence-corrected chi connectivity index (χ2v) is 4.58. The number of hydrogen-bond acceptors (Lipinski definition) is 4. The van der Waals surface area contributed by atoms with Crippen LogP contribution < -0.4 is 0 Å². The minimum Gasteiger partial charge on any atom is -0.394 e. The molecule has 1 aromatic rings. The van der Waals surface area contributed by atoms with E-state index in [1.54, 1.807) is 32.3 Å². The first-order chi connectivity index (χ1) is 7.53. The van der Waals surface area contributed by atoms with Crippen LogP contribution in [0.25, 0.3) is 0 Å². The molecule has 1 aromatic heterocycles. The van der Waals surface area contributed by atoms with Gasteiger partial charge in [0, 0.05) is 23.0 Å². The number of rotatable bonds is 2. The normalized spacial score (nSPS) is 28.2. The van der Waals surface area contributed by atoms with Crippen molar-refractivity contribution < 1.29 is 14.6 Å². The Hall–Kier alpha value is -0.680. The Kier molecular flexibility index (Phi) is 3.17. The topological polar surface area (TPSA) is 51.6 Å². The molecule has 0 saturated carbocycles. The molecule has 2 atom stereocenters. The maximum atomic E-state index is 9.25. The highest BCUT2D eigenvalue weighted by molar-refractivity contribution is 6.31. The van der Waals surface area contributed by atoms with Crippen LogP contribution in [0.5, 0.6) is 0 Å². The highest BCUT2D eigenvalue weighted by atomic mass is 35.5. The van der Waals surface area contributed by atoms with Crippen LogP contribution >= 0.6 is 11.6 Å². The number of ether oxygens (including phenoxy) is 2. The average Bonchev–Trinajstić information content (AvgIpc) is 2.54. The first-order valence-corrected chi connectivity index (χ1v) is 5.47. The summed E-state index contributed by atoms with van der Waals surface area (Å²) in [6.07, 6.45) is 2.47. The van der Waals surface area contributed by atoms with Crippen molar-refractivity contribution in [2.24, 2.45) is 0 Å². The summed E-state index contributed by atoms with van der Waals surface area (Å²) in [6.45, 7) is 3.50. The molecule has 0 spiro atoms. The summed E-state index contributed by atoms with van der Waals surface area (Å²) in [5.74, 6) is -0.711. The molecule has 5 heteroatoms. The Bertz CT molecular complexity index is 383. The quantitative estimate of drug-likeness (QED) is 0.862. The Morgan fingerprint density at radius 1 is 1.50 bits per heavy atom. The molecule has 2 heterocycles. The van der Waals surface area contributed by atoms with E-state index in [2.05, 4.69) is 4.98 Å². The first-order valence-electron chi connectivity index (χ1n) is 5.09. The van der Waals surface area contributed by atoms with Crippen LogP contribution in [0.1, 0.15) is 25.5 Å². The van der Waals surface area contributed by atoms with E-state index in [9.17, 15) is 5.11 Å². The fourth-order valence-corrected chi connectivity index (χ4v) is 2.04. The van der Waals surface area contributed by atoms with Crippen LogP contribution in [0.4, 0.5) is 0 Å². The monoisotopic (exact) mass is 243 g/mol. The van der Waals surface area contributed by atoms with Crippen molar-refractivity contribution in [3.05, 3.63) is 29.0 Å². The molecule has 0 amide bonds. The van der Waals surface area contributed by atoms with E-state index in [1.165, 1.54) is 0 Å². The maximum absolute atomic E-state index is 9.25. The predicted octanol–water partition coefficient (Wildman–Crippen LogP) is 1.92. The fourth-order valence-electron chi connectivity index (χ4n) is 1.83. The second kappa shape index (κ2) is 4.30. The summed E-state index contributed by atoms with van der Waals surface area (Å²) >= 11 is 6.06. The van der Waals surface area contributed by atoms with Crippen molar-refractivity contribution in [3.8, 4) is 0 Å². The number of aromatic nitrogens is 1. The summed E-state index contributed by atoms with van der Waals surface area (Å²) < 4.78 is 11.3. The molecule has 0 bridgehead atoms. The molecule has 0 radical (unpaired) electrons. The van der Waals surface area contributed by atoms with E-state index in [-0.39, 0.29) is 12.7 Å². The zero-order chi connectivity index (χ0) is 11.8. The number of hydrogen-bond donors (Lipinski definition) is 1. The lowest BCUT2D eigenvalue weighted by Crippen LogP contribution is -2.23. The Labute approximate surface area is 99.2 Å². The van der Waals surface area contributed by atoms with Crippen LogP contribution in [-0.2, 0) is 9.47 Å². The molecule has 1 fully saturated rings. The van der Waals surface area contributed by atoms with Crippen molar-refractivity contribution in [1.29, 1.82) is 0 Å². The van der Waals surface area contributed by atoms with Gasteiger partial charge in [-0.3, -0.25) is 4.98 Å². The zero-order valence-corrected chi connectivity index (χ0v) is 9.94. The van der Waals surface area contributed by atoms with Gasteiger partial charge < -0.3 is 14.6 Å². The van der Waals surface area contributed by atoms with E-state index < -0.39 is 11.9 Å². The van der Waals surface area contributed by atoms with E-state index in [0.29, 0.717) is 5.02 Å². The second-order valence-electron chi connectivity index (χ2n) is 4.17. The smallest absolute Gasteiger partial charge is 0.164 e. The van der Waals surface area contributed by atoms with E-state index in [0.717, 1.165) is 5.56 Å². The van der Waals surface area contributed by atoms with Gasteiger partial charge in [-0.05, 0) is 19.9 Å². The molecule has 1 N–H and O–H groups in total. The molecule has 16 heavy (non-hydrogen) atoms. The summed E-state index contributed by atoms with van der Waals surface area (Å²) in [7, 11) is 0. The standard InChI is InChI=1S/C11H14ClNO3/c1-11(2)15-9(6-14)10(16-11)7-5-13-4-3-8(7)12/h3-5,9-10,14H,6H2,1-2H3. The molecule has 2 unspecified atom stereocenters. The lowest BCUT2D eigenvalue weighted by molar-refractivity contribution is -0.149. The van der Waals surface area contributed by atoms with Gasteiger partial charge >= 0.3 is 0 Å². The lowest BCUT2D eigenvalue weighted by Gasteiger charge is -2.17. The largest absolute Gasteiger partial charge is 0.394 e. The summed E-state index contributed by atoms with van der Waals surface area (Å²) in [4.78, 5) is 4.00. The zero-order valence-electron chi connectivity index (χ0n) is 9.18. The molecule has 2 rings (SSSR count). The lowest BCUT2D eigenvalue weighted by atomic mass is 10.1. The highest BCUT2D eigenvalue weighted by Crippen LogP contribution is 2.39. The van der Waals surface area contributed by atoms with E-state index in [4.69, 9.17) is 21.1 Å². The van der Waals surface area contributed by atoms with Crippen molar-refractivity contribution in [1.82, 2.24) is 4.98 Å². The SMILES string of the molecule is CC1(C)OC(CO)C(c2cnccc2Cl)O1. The Morgan fingerprint density at radius 3 is 2.88 bits per heavy atom. The minimum atomic E-state index is -0.711. The number of halogens is 1. The molecular weight excluding hydrogens is 230 g/mol. The number of nitrogens with zero attached hydrogens (tertiary/aromatic N) is 1. The molecule has 0 aromatic carbocycles. The minimum absolute atomic E-state index is 0.112. The van der Waals surface area contributed by atoms with Gasteiger partial charge in [-0.25, -0.2) is 0 Å². The van der Waals surface area contributed by atoms with Crippen molar-refractivity contribution >= 4 is 11.6 Å².